The summed E-state index contributed by atoms with van der Waals surface area (Å²) in [5.74, 6) is 1.42. The van der Waals surface area contributed by atoms with Crippen molar-refractivity contribution in [2.45, 2.75) is 33.3 Å². The van der Waals surface area contributed by atoms with E-state index in [0.29, 0.717) is 22.1 Å². The summed E-state index contributed by atoms with van der Waals surface area (Å²) in [7, 11) is 0. The number of hydrogen-bond donors (Lipinski definition) is 0. The van der Waals surface area contributed by atoms with Crippen molar-refractivity contribution in [1.82, 2.24) is 4.90 Å². The fourth-order valence-corrected chi connectivity index (χ4v) is 4.78. The van der Waals surface area contributed by atoms with Gasteiger partial charge in [0.05, 0.1) is 23.1 Å². The molecule has 1 fully saturated rings. The first kappa shape index (κ1) is 26.1. The molecule has 188 valence electrons. The molecule has 3 aromatic carbocycles. The van der Waals surface area contributed by atoms with Crippen molar-refractivity contribution in [3.63, 3.8) is 0 Å². The minimum absolute atomic E-state index is 0.185. The van der Waals surface area contributed by atoms with E-state index in [9.17, 15) is 14.9 Å². The predicted octanol–water partition coefficient (Wildman–Crippen LogP) is 6.68. The molecule has 0 unspecified atom stereocenters. The number of hydrogen-bond acceptors (Lipinski definition) is 6. The molecule has 0 N–H and O–H groups in total. The normalized spacial score (nSPS) is 14.4. The van der Waals surface area contributed by atoms with Gasteiger partial charge in [-0.2, -0.15) is 5.26 Å². The van der Waals surface area contributed by atoms with E-state index in [1.165, 1.54) is 4.90 Å². The molecule has 1 heterocycles. The third-order valence-electron chi connectivity index (χ3n) is 5.95. The molecular formula is C30H28N2O4S. The van der Waals surface area contributed by atoms with Gasteiger partial charge in [0.15, 0.2) is 0 Å². The molecule has 0 saturated carbocycles. The van der Waals surface area contributed by atoms with Crippen molar-refractivity contribution in [1.29, 1.82) is 5.26 Å². The Morgan fingerprint density at radius 3 is 2.51 bits per heavy atom. The van der Waals surface area contributed by atoms with Gasteiger partial charge >= 0.3 is 0 Å². The number of benzene rings is 3. The molecule has 0 radical (unpaired) electrons. The quantitative estimate of drug-likeness (QED) is 0.297. The zero-order valence-corrected chi connectivity index (χ0v) is 21.9. The first-order valence-electron chi connectivity index (χ1n) is 12.1. The Kier molecular flexibility index (Phi) is 8.32. The number of carbonyl (C=O) groups is 2. The maximum atomic E-state index is 12.9. The van der Waals surface area contributed by atoms with Crippen LogP contribution in [0.3, 0.4) is 0 Å². The van der Waals surface area contributed by atoms with E-state index in [-0.39, 0.29) is 30.9 Å². The molecule has 0 atom stereocenters. The fourth-order valence-electron chi connectivity index (χ4n) is 3.91. The van der Waals surface area contributed by atoms with Crippen LogP contribution in [-0.2, 0) is 11.4 Å². The van der Waals surface area contributed by atoms with Crippen molar-refractivity contribution in [2.24, 2.45) is 0 Å². The Morgan fingerprint density at radius 2 is 1.78 bits per heavy atom. The van der Waals surface area contributed by atoms with Gasteiger partial charge in [-0.3, -0.25) is 14.5 Å². The highest BCUT2D eigenvalue weighted by Crippen LogP contribution is 2.33. The van der Waals surface area contributed by atoms with E-state index < -0.39 is 0 Å². The van der Waals surface area contributed by atoms with Crippen molar-refractivity contribution in [3.05, 3.63) is 99.5 Å². The van der Waals surface area contributed by atoms with Crippen LogP contribution in [0.1, 0.15) is 47.6 Å². The summed E-state index contributed by atoms with van der Waals surface area (Å²) in [5.41, 5.74) is 4.38. The maximum Gasteiger partial charge on any atom is 0.293 e. The molecule has 6 nitrogen and oxygen atoms in total. The minimum Gasteiger partial charge on any atom is -0.491 e. The molecule has 1 aliphatic heterocycles. The second kappa shape index (κ2) is 11.8. The van der Waals surface area contributed by atoms with Crippen molar-refractivity contribution < 1.29 is 19.1 Å². The molecule has 7 heteroatoms. The van der Waals surface area contributed by atoms with Crippen LogP contribution in [0.5, 0.6) is 11.5 Å². The number of carbonyl (C=O) groups excluding carboxylic acids is 2. The zero-order chi connectivity index (χ0) is 26.4. The van der Waals surface area contributed by atoms with E-state index in [4.69, 9.17) is 9.47 Å². The number of thioether (sulfide) groups is 1. The second-order valence-electron chi connectivity index (χ2n) is 9.00. The Bertz CT molecular complexity index is 1370. The van der Waals surface area contributed by atoms with Gasteiger partial charge in [-0.15, -0.1) is 0 Å². The van der Waals surface area contributed by atoms with E-state index >= 15 is 0 Å². The highest BCUT2D eigenvalue weighted by molar-refractivity contribution is 8.18. The zero-order valence-electron chi connectivity index (χ0n) is 21.1. The number of nitrogens with zero attached hydrogens (tertiary/aromatic N) is 2. The summed E-state index contributed by atoms with van der Waals surface area (Å²) in [6.45, 7) is 6.91. The summed E-state index contributed by atoms with van der Waals surface area (Å²) >= 11 is 0.930. The molecule has 3 aromatic rings. The summed E-state index contributed by atoms with van der Waals surface area (Å²) in [4.78, 5) is 27.0. The molecule has 0 bridgehead atoms. The number of ether oxygens (including phenoxy) is 2. The summed E-state index contributed by atoms with van der Waals surface area (Å²) < 4.78 is 11.8. The first-order chi connectivity index (χ1) is 17.9. The highest BCUT2D eigenvalue weighted by atomic mass is 32.2. The molecule has 1 aliphatic rings. The highest BCUT2D eigenvalue weighted by Gasteiger charge is 2.34. The largest absolute Gasteiger partial charge is 0.491 e. The fraction of sp³-hybridized carbons (Fsp3) is 0.233. The Labute approximate surface area is 221 Å². The van der Waals surface area contributed by atoms with E-state index in [1.807, 2.05) is 43.3 Å². The Morgan fingerprint density at radius 1 is 1.03 bits per heavy atom. The molecule has 37 heavy (non-hydrogen) atoms. The predicted molar refractivity (Wildman–Crippen MR) is 145 cm³/mol. The monoisotopic (exact) mass is 512 g/mol. The van der Waals surface area contributed by atoms with Gasteiger partial charge in [0.1, 0.15) is 24.7 Å². The second-order valence-corrected chi connectivity index (χ2v) is 10.00. The molecule has 0 spiro atoms. The van der Waals surface area contributed by atoms with Gasteiger partial charge in [0.25, 0.3) is 11.1 Å². The molecule has 1 saturated heterocycles. The first-order valence-corrected chi connectivity index (χ1v) is 12.9. The number of amides is 2. The molecule has 0 aromatic heterocycles. The smallest absolute Gasteiger partial charge is 0.293 e. The van der Waals surface area contributed by atoms with E-state index in [2.05, 4.69) is 32.0 Å². The topological polar surface area (TPSA) is 79.6 Å². The lowest BCUT2D eigenvalue weighted by Gasteiger charge is -2.17. The number of rotatable bonds is 9. The average molecular weight is 513 g/mol. The third-order valence-corrected chi connectivity index (χ3v) is 6.85. The summed E-state index contributed by atoms with van der Waals surface area (Å²) in [6.07, 6.45) is 1.71. The molecule has 4 rings (SSSR count). The van der Waals surface area contributed by atoms with Crippen LogP contribution in [0.2, 0.25) is 0 Å². The van der Waals surface area contributed by atoms with Gasteiger partial charge in [-0.1, -0.05) is 56.3 Å². The summed E-state index contributed by atoms with van der Waals surface area (Å²) in [5, 5.41) is 8.91. The Hall–Kier alpha value is -4.02. The lowest BCUT2D eigenvalue weighted by Crippen LogP contribution is -2.32. The van der Waals surface area contributed by atoms with Crippen LogP contribution >= 0.6 is 11.8 Å². The molecular weight excluding hydrogens is 484 g/mol. The van der Waals surface area contributed by atoms with Crippen LogP contribution < -0.4 is 9.47 Å². The minimum atomic E-state index is -0.319. The number of aryl methyl sites for hydroxylation is 1. The van der Waals surface area contributed by atoms with Gasteiger partial charge in [-0.25, -0.2) is 0 Å². The van der Waals surface area contributed by atoms with Crippen molar-refractivity contribution >= 4 is 29.0 Å². The van der Waals surface area contributed by atoms with Gasteiger partial charge < -0.3 is 9.47 Å². The number of nitriles is 1. The van der Waals surface area contributed by atoms with E-state index in [0.717, 1.165) is 39.8 Å². The SMILES string of the molecule is Cc1ccc(C(C)C)c(OCCN2C(=O)S/C(=C\c3ccc(OCc4ccccc4C#N)cc3)C2=O)c1. The van der Waals surface area contributed by atoms with Crippen LogP contribution in [0.15, 0.2) is 71.6 Å². The number of imide groups is 1. The van der Waals surface area contributed by atoms with Gasteiger partial charge in [0, 0.05) is 5.56 Å². The molecule has 0 aliphatic carbocycles. The Balaban J connectivity index is 1.35. The van der Waals surface area contributed by atoms with Crippen LogP contribution in [0, 0.1) is 18.3 Å². The van der Waals surface area contributed by atoms with Gasteiger partial charge in [0.2, 0.25) is 0 Å². The van der Waals surface area contributed by atoms with Crippen molar-refractivity contribution in [3.8, 4) is 17.6 Å². The van der Waals surface area contributed by atoms with E-state index in [1.54, 1.807) is 24.3 Å². The van der Waals surface area contributed by atoms with Gasteiger partial charge in [-0.05, 0) is 71.6 Å². The standard InChI is InChI=1S/C30H28N2O4S/c1-20(2)26-13-8-21(3)16-27(26)35-15-14-32-29(33)28(37-30(32)34)17-22-9-11-25(12-10-22)36-19-24-7-5-4-6-23(24)18-31/h4-13,16-17,20H,14-15,19H2,1-3H3/b28-17-. The maximum absolute atomic E-state index is 12.9. The van der Waals surface area contributed by atoms with Crippen LogP contribution in [0.4, 0.5) is 4.79 Å². The van der Waals surface area contributed by atoms with Crippen LogP contribution in [-0.4, -0.2) is 29.2 Å². The van der Waals surface area contributed by atoms with Crippen molar-refractivity contribution in [2.75, 3.05) is 13.2 Å². The molecule has 2 amide bonds. The lowest BCUT2D eigenvalue weighted by molar-refractivity contribution is -0.123. The average Bonchev–Trinajstić information content (AvgIpc) is 3.15. The lowest BCUT2D eigenvalue weighted by atomic mass is 10.0. The van der Waals surface area contributed by atoms with Crippen LogP contribution in [0.25, 0.3) is 6.08 Å². The third kappa shape index (κ3) is 6.41. The summed E-state index contributed by atoms with van der Waals surface area (Å²) in [6, 6.07) is 22.8.